The van der Waals surface area contributed by atoms with Gasteiger partial charge in [0.25, 0.3) is 5.91 Å². The summed E-state index contributed by atoms with van der Waals surface area (Å²) in [5, 5.41) is 9.37. The predicted octanol–water partition coefficient (Wildman–Crippen LogP) is 2.38. The van der Waals surface area contributed by atoms with E-state index < -0.39 is 10.0 Å². The molecule has 3 rings (SSSR count). The van der Waals surface area contributed by atoms with Crippen molar-refractivity contribution in [2.45, 2.75) is 0 Å². The lowest BCUT2D eigenvalue weighted by atomic mass is 10.0. The van der Waals surface area contributed by atoms with Gasteiger partial charge in [-0.15, -0.1) is 0 Å². The Morgan fingerprint density at radius 3 is 2.28 bits per heavy atom. The molecule has 1 heterocycles. The van der Waals surface area contributed by atoms with E-state index in [-0.39, 0.29) is 11.5 Å². The molecule has 0 bridgehead atoms. The molecule has 0 atom stereocenters. The Morgan fingerprint density at radius 1 is 1.08 bits per heavy atom. The van der Waals surface area contributed by atoms with Gasteiger partial charge in [-0.2, -0.15) is 5.26 Å². The Labute approximate surface area is 146 Å². The zero-order valence-corrected chi connectivity index (χ0v) is 14.2. The van der Waals surface area contributed by atoms with Gasteiger partial charge in [0.05, 0.1) is 12.8 Å². The van der Waals surface area contributed by atoms with E-state index in [0.717, 1.165) is 11.8 Å². The van der Waals surface area contributed by atoms with E-state index in [1.807, 2.05) is 36.4 Å². The van der Waals surface area contributed by atoms with Gasteiger partial charge in [-0.1, -0.05) is 30.3 Å². The van der Waals surface area contributed by atoms with Crippen LogP contribution in [0.3, 0.4) is 0 Å². The monoisotopic (exact) mass is 353 g/mol. The smallest absolute Gasteiger partial charge is 0.269 e. The normalized spacial score (nSPS) is 14.6. The maximum absolute atomic E-state index is 12.6. The second-order valence-corrected chi connectivity index (χ2v) is 7.39. The fraction of sp³-hybridized carbons (Fsp3) is 0.111. The van der Waals surface area contributed by atoms with Gasteiger partial charge >= 0.3 is 0 Å². The van der Waals surface area contributed by atoms with Crippen molar-refractivity contribution in [3.05, 3.63) is 65.7 Å². The Kier molecular flexibility index (Phi) is 4.30. The quantitative estimate of drug-likeness (QED) is 0.914. The second kappa shape index (κ2) is 6.42. The van der Waals surface area contributed by atoms with Gasteiger partial charge in [0.1, 0.15) is 11.6 Å². The zero-order valence-electron chi connectivity index (χ0n) is 13.4. The summed E-state index contributed by atoms with van der Waals surface area (Å²) in [7, 11) is -3.36. The standard InChI is InChI=1S/C18H15N3O3S/c1-25(23,24)20-14-7-9-15(10-8-14)21-12-17(16(11-19)18(21)22)13-5-3-2-4-6-13/h2-10,20H,12H2,1H3. The fourth-order valence-electron chi connectivity index (χ4n) is 2.70. The molecule has 0 saturated heterocycles. The molecule has 126 valence electrons. The van der Waals surface area contributed by atoms with E-state index in [1.54, 1.807) is 24.3 Å². The number of benzene rings is 2. The Balaban J connectivity index is 1.89. The molecule has 1 amide bonds. The van der Waals surface area contributed by atoms with E-state index in [1.165, 1.54) is 4.90 Å². The zero-order chi connectivity index (χ0) is 18.0. The summed E-state index contributed by atoms with van der Waals surface area (Å²) < 4.78 is 24.9. The average molecular weight is 353 g/mol. The van der Waals surface area contributed by atoms with Crippen LogP contribution in [0.5, 0.6) is 0 Å². The van der Waals surface area contributed by atoms with Gasteiger partial charge < -0.3 is 4.90 Å². The third kappa shape index (κ3) is 3.54. The minimum absolute atomic E-state index is 0.129. The van der Waals surface area contributed by atoms with Crippen molar-refractivity contribution >= 4 is 32.9 Å². The van der Waals surface area contributed by atoms with Crippen LogP contribution in [0, 0.1) is 11.3 Å². The number of hydrogen-bond donors (Lipinski definition) is 1. The minimum atomic E-state index is -3.36. The highest BCUT2D eigenvalue weighted by molar-refractivity contribution is 7.92. The van der Waals surface area contributed by atoms with Crippen LogP contribution in [0.2, 0.25) is 0 Å². The van der Waals surface area contributed by atoms with Crippen LogP contribution in [0.25, 0.3) is 5.57 Å². The van der Waals surface area contributed by atoms with E-state index >= 15 is 0 Å². The van der Waals surface area contributed by atoms with Crippen LogP contribution >= 0.6 is 0 Å². The number of hydrogen-bond acceptors (Lipinski definition) is 4. The summed E-state index contributed by atoms with van der Waals surface area (Å²) in [4.78, 5) is 14.1. The van der Waals surface area contributed by atoms with Gasteiger partial charge in [0, 0.05) is 16.9 Å². The molecule has 0 unspecified atom stereocenters. The number of anilines is 2. The van der Waals surface area contributed by atoms with Crippen LogP contribution in [-0.2, 0) is 14.8 Å². The number of nitriles is 1. The maximum Gasteiger partial charge on any atom is 0.269 e. The van der Waals surface area contributed by atoms with Crippen molar-refractivity contribution in [1.82, 2.24) is 0 Å². The van der Waals surface area contributed by atoms with Gasteiger partial charge in [-0.25, -0.2) is 8.42 Å². The van der Waals surface area contributed by atoms with E-state index in [9.17, 15) is 18.5 Å². The van der Waals surface area contributed by atoms with Gasteiger partial charge in [-0.05, 0) is 29.8 Å². The summed E-state index contributed by atoms with van der Waals surface area (Å²) in [5.74, 6) is -0.356. The molecule has 0 radical (unpaired) electrons. The van der Waals surface area contributed by atoms with Crippen molar-refractivity contribution < 1.29 is 13.2 Å². The first-order chi connectivity index (χ1) is 11.9. The van der Waals surface area contributed by atoms with Crippen molar-refractivity contribution in [3.63, 3.8) is 0 Å². The first-order valence-corrected chi connectivity index (χ1v) is 9.36. The number of amides is 1. The summed E-state index contributed by atoms with van der Waals surface area (Å²) >= 11 is 0. The molecule has 1 aliphatic rings. The highest BCUT2D eigenvalue weighted by Gasteiger charge is 2.32. The molecular weight excluding hydrogens is 338 g/mol. The number of carbonyl (C=O) groups is 1. The lowest BCUT2D eigenvalue weighted by Gasteiger charge is -2.17. The molecule has 2 aromatic rings. The van der Waals surface area contributed by atoms with E-state index in [0.29, 0.717) is 23.5 Å². The molecule has 1 aliphatic heterocycles. The van der Waals surface area contributed by atoms with Crippen LogP contribution in [-0.4, -0.2) is 27.1 Å². The molecule has 0 spiro atoms. The van der Waals surface area contributed by atoms with Crippen molar-refractivity contribution in [1.29, 1.82) is 5.26 Å². The van der Waals surface area contributed by atoms with Crippen molar-refractivity contribution in [3.8, 4) is 6.07 Å². The highest BCUT2D eigenvalue weighted by atomic mass is 32.2. The number of rotatable bonds is 4. The first-order valence-electron chi connectivity index (χ1n) is 7.47. The number of nitrogens with zero attached hydrogens (tertiary/aromatic N) is 2. The van der Waals surface area contributed by atoms with E-state index in [2.05, 4.69) is 4.72 Å². The van der Waals surface area contributed by atoms with E-state index in [4.69, 9.17) is 0 Å². The Bertz CT molecular complexity index is 988. The van der Waals surface area contributed by atoms with Crippen molar-refractivity contribution in [2.75, 3.05) is 22.4 Å². The third-order valence-electron chi connectivity index (χ3n) is 3.79. The Morgan fingerprint density at radius 2 is 1.72 bits per heavy atom. The lowest BCUT2D eigenvalue weighted by molar-refractivity contribution is -0.114. The van der Waals surface area contributed by atoms with Gasteiger partial charge in [0.15, 0.2) is 0 Å². The first kappa shape index (κ1) is 16.7. The molecule has 0 saturated carbocycles. The average Bonchev–Trinajstić information content (AvgIpc) is 2.91. The largest absolute Gasteiger partial charge is 0.303 e. The molecule has 0 aliphatic carbocycles. The number of nitrogens with one attached hydrogen (secondary N) is 1. The molecule has 7 heteroatoms. The molecule has 2 aromatic carbocycles. The molecule has 25 heavy (non-hydrogen) atoms. The molecule has 1 N–H and O–H groups in total. The van der Waals surface area contributed by atoms with Gasteiger partial charge in [-0.3, -0.25) is 9.52 Å². The van der Waals surface area contributed by atoms with Crippen LogP contribution in [0.1, 0.15) is 5.56 Å². The minimum Gasteiger partial charge on any atom is -0.303 e. The summed E-state index contributed by atoms with van der Waals surface area (Å²) in [6.45, 7) is 0.296. The maximum atomic E-state index is 12.6. The number of sulfonamides is 1. The molecule has 0 fully saturated rings. The second-order valence-electron chi connectivity index (χ2n) is 5.64. The summed E-state index contributed by atoms with van der Waals surface area (Å²) in [6, 6.07) is 17.8. The summed E-state index contributed by atoms with van der Waals surface area (Å²) in [6.07, 6.45) is 1.07. The third-order valence-corrected chi connectivity index (χ3v) is 4.40. The highest BCUT2D eigenvalue weighted by Crippen LogP contribution is 2.31. The fourth-order valence-corrected chi connectivity index (χ4v) is 3.26. The molecule has 0 aromatic heterocycles. The Hall–Kier alpha value is -3.11. The molecular formula is C18H15N3O3S. The van der Waals surface area contributed by atoms with Gasteiger partial charge in [0.2, 0.25) is 10.0 Å². The lowest BCUT2D eigenvalue weighted by Crippen LogP contribution is -2.26. The van der Waals surface area contributed by atoms with Crippen LogP contribution in [0.15, 0.2) is 60.2 Å². The van der Waals surface area contributed by atoms with Crippen LogP contribution in [0.4, 0.5) is 11.4 Å². The SMILES string of the molecule is CS(=O)(=O)Nc1ccc(N2CC(c3ccccc3)=C(C#N)C2=O)cc1. The summed E-state index contributed by atoms with van der Waals surface area (Å²) in [5.41, 5.74) is 2.67. The number of carbonyl (C=O) groups excluding carboxylic acids is 1. The molecule has 6 nitrogen and oxygen atoms in total. The predicted molar refractivity (Wildman–Crippen MR) is 96.2 cm³/mol. The van der Waals surface area contributed by atoms with Crippen molar-refractivity contribution in [2.24, 2.45) is 0 Å². The van der Waals surface area contributed by atoms with Crippen LogP contribution < -0.4 is 9.62 Å². The topological polar surface area (TPSA) is 90.3 Å².